The molecule has 2 aromatic heterocycles. The first-order valence-electron chi connectivity index (χ1n) is 9.89. The number of aromatic nitrogens is 2. The van der Waals surface area contributed by atoms with Crippen molar-refractivity contribution in [2.45, 2.75) is 17.9 Å². The summed E-state index contributed by atoms with van der Waals surface area (Å²) in [5.74, 6) is 1.92. The molecule has 162 valence electrons. The third-order valence-electron chi connectivity index (χ3n) is 4.97. The van der Waals surface area contributed by atoms with Crippen LogP contribution in [0.15, 0.2) is 65.6 Å². The van der Waals surface area contributed by atoms with Crippen molar-refractivity contribution in [2.24, 2.45) is 0 Å². The van der Waals surface area contributed by atoms with Crippen molar-refractivity contribution in [1.29, 1.82) is 0 Å². The van der Waals surface area contributed by atoms with E-state index in [1.165, 1.54) is 4.31 Å². The lowest BCUT2D eigenvalue weighted by Gasteiger charge is -2.32. The van der Waals surface area contributed by atoms with Crippen molar-refractivity contribution in [1.82, 2.24) is 14.3 Å². The quantitative estimate of drug-likeness (QED) is 0.629. The van der Waals surface area contributed by atoms with Crippen LogP contribution in [-0.4, -0.2) is 49.5 Å². The molecule has 3 heterocycles. The molecular formula is C22H24N4O4S. The van der Waals surface area contributed by atoms with E-state index in [-0.39, 0.29) is 18.0 Å². The maximum Gasteiger partial charge on any atom is 0.243 e. The zero-order chi connectivity index (χ0) is 21.8. The first-order valence-corrected chi connectivity index (χ1v) is 11.3. The molecule has 1 aromatic carbocycles. The van der Waals surface area contributed by atoms with Crippen LogP contribution < -0.4 is 10.1 Å². The van der Waals surface area contributed by atoms with E-state index < -0.39 is 16.1 Å². The Labute approximate surface area is 181 Å². The fraction of sp³-hybridized carbons (Fsp3) is 0.273. The molecule has 4 rings (SSSR count). The van der Waals surface area contributed by atoms with Gasteiger partial charge in [0.25, 0.3) is 0 Å². The molecule has 1 N–H and O–H groups in total. The van der Waals surface area contributed by atoms with Gasteiger partial charge in [-0.05, 0) is 55.5 Å². The topological polar surface area (TPSA) is 93.7 Å². The number of sulfonamides is 1. The van der Waals surface area contributed by atoms with E-state index in [1.807, 2.05) is 43.3 Å². The standard InChI is InChI=1S/C22H24N4O4S/c1-16-5-3-7-21(23-16)25-22-8-4-6-19(24-22)20-15-26(13-14-30-20)31(27,28)18-11-9-17(29-2)10-12-18/h3-12,20H,13-15H2,1-2H3,(H,23,24,25)/t20-/m0/s1. The number of morpholine rings is 1. The second-order valence-corrected chi connectivity index (χ2v) is 9.07. The molecule has 8 nitrogen and oxygen atoms in total. The SMILES string of the molecule is COc1ccc(S(=O)(=O)N2CCO[C@H](c3cccc(Nc4cccc(C)n4)n3)C2)cc1. The number of ether oxygens (including phenoxy) is 2. The van der Waals surface area contributed by atoms with Crippen LogP contribution in [0.3, 0.4) is 0 Å². The van der Waals surface area contributed by atoms with Crippen molar-refractivity contribution >= 4 is 21.7 Å². The molecule has 0 radical (unpaired) electrons. The lowest BCUT2D eigenvalue weighted by Crippen LogP contribution is -2.42. The summed E-state index contributed by atoms with van der Waals surface area (Å²) in [4.78, 5) is 9.27. The van der Waals surface area contributed by atoms with Crippen LogP contribution in [0, 0.1) is 6.92 Å². The molecule has 3 aromatic rings. The summed E-state index contributed by atoms with van der Waals surface area (Å²) in [6.07, 6.45) is -0.464. The Morgan fingerprint density at radius 2 is 1.74 bits per heavy atom. The highest BCUT2D eigenvalue weighted by molar-refractivity contribution is 7.89. The number of methoxy groups -OCH3 is 1. The molecule has 9 heteroatoms. The number of hydrogen-bond donors (Lipinski definition) is 1. The number of rotatable bonds is 6. The van der Waals surface area contributed by atoms with Gasteiger partial charge in [0.2, 0.25) is 10.0 Å². The van der Waals surface area contributed by atoms with Gasteiger partial charge in [-0.25, -0.2) is 18.4 Å². The summed E-state index contributed by atoms with van der Waals surface area (Å²) in [5.41, 5.74) is 1.56. The minimum absolute atomic E-state index is 0.188. The molecule has 1 aliphatic rings. The molecule has 1 saturated heterocycles. The highest BCUT2D eigenvalue weighted by atomic mass is 32.2. The minimum atomic E-state index is -3.65. The van der Waals surface area contributed by atoms with Gasteiger partial charge in [-0.15, -0.1) is 0 Å². The van der Waals surface area contributed by atoms with Gasteiger partial charge < -0.3 is 14.8 Å². The van der Waals surface area contributed by atoms with Crippen molar-refractivity contribution in [3.8, 4) is 5.75 Å². The number of anilines is 2. The van der Waals surface area contributed by atoms with Crippen molar-refractivity contribution in [3.63, 3.8) is 0 Å². The first-order chi connectivity index (χ1) is 15.0. The molecule has 31 heavy (non-hydrogen) atoms. The summed E-state index contributed by atoms with van der Waals surface area (Å²) in [6, 6.07) is 17.6. The second-order valence-electron chi connectivity index (χ2n) is 7.13. The molecule has 0 amide bonds. The van der Waals surface area contributed by atoms with Gasteiger partial charge in [0.05, 0.1) is 24.3 Å². The summed E-state index contributed by atoms with van der Waals surface area (Å²) < 4.78 is 38.6. The number of pyridine rings is 2. The van der Waals surface area contributed by atoms with E-state index in [2.05, 4.69) is 15.3 Å². The molecule has 0 unspecified atom stereocenters. The van der Waals surface area contributed by atoms with Crippen LogP contribution >= 0.6 is 0 Å². The van der Waals surface area contributed by atoms with Gasteiger partial charge in [0, 0.05) is 18.8 Å². The lowest BCUT2D eigenvalue weighted by atomic mass is 10.2. The number of nitrogens with zero attached hydrogens (tertiary/aromatic N) is 3. The fourth-order valence-corrected chi connectivity index (χ4v) is 4.79. The van der Waals surface area contributed by atoms with Crippen LogP contribution in [-0.2, 0) is 14.8 Å². The average Bonchev–Trinajstić information content (AvgIpc) is 2.79. The van der Waals surface area contributed by atoms with Crippen molar-refractivity contribution < 1.29 is 17.9 Å². The van der Waals surface area contributed by atoms with Crippen LogP contribution in [0.25, 0.3) is 0 Å². The maximum atomic E-state index is 13.1. The summed E-state index contributed by atoms with van der Waals surface area (Å²) in [6.45, 7) is 2.69. The number of hydrogen-bond acceptors (Lipinski definition) is 7. The zero-order valence-electron chi connectivity index (χ0n) is 17.4. The fourth-order valence-electron chi connectivity index (χ4n) is 3.36. The van der Waals surface area contributed by atoms with Crippen LogP contribution in [0.1, 0.15) is 17.5 Å². The Balaban J connectivity index is 1.51. The van der Waals surface area contributed by atoms with E-state index in [0.717, 1.165) is 5.69 Å². The van der Waals surface area contributed by atoms with Gasteiger partial charge >= 0.3 is 0 Å². The van der Waals surface area contributed by atoms with E-state index in [0.29, 0.717) is 29.7 Å². The van der Waals surface area contributed by atoms with Gasteiger partial charge in [0.15, 0.2) is 0 Å². The molecule has 0 aliphatic carbocycles. The third kappa shape index (κ3) is 4.84. The van der Waals surface area contributed by atoms with E-state index in [9.17, 15) is 8.42 Å². The predicted octanol–water partition coefficient (Wildman–Crippen LogP) is 3.30. The lowest BCUT2D eigenvalue weighted by molar-refractivity contribution is -0.00486. The summed E-state index contributed by atoms with van der Waals surface area (Å²) in [7, 11) is -2.10. The Hall–Kier alpha value is -3.01. The van der Waals surface area contributed by atoms with E-state index in [1.54, 1.807) is 31.4 Å². The Bertz CT molecular complexity index is 1150. The molecule has 1 fully saturated rings. The molecule has 0 spiro atoms. The van der Waals surface area contributed by atoms with Gasteiger partial charge in [-0.1, -0.05) is 12.1 Å². The molecule has 0 saturated carbocycles. The molecule has 1 atom stereocenters. The van der Waals surface area contributed by atoms with Crippen molar-refractivity contribution in [3.05, 3.63) is 72.1 Å². The predicted molar refractivity (Wildman–Crippen MR) is 117 cm³/mol. The maximum absolute atomic E-state index is 13.1. The first kappa shape index (κ1) is 21.2. The van der Waals surface area contributed by atoms with Crippen LogP contribution in [0.2, 0.25) is 0 Å². The number of aryl methyl sites for hydroxylation is 1. The Morgan fingerprint density at radius 1 is 1.03 bits per heavy atom. The molecule has 1 aliphatic heterocycles. The second kappa shape index (κ2) is 9.01. The summed E-state index contributed by atoms with van der Waals surface area (Å²) >= 11 is 0. The average molecular weight is 441 g/mol. The largest absolute Gasteiger partial charge is 0.497 e. The number of benzene rings is 1. The number of nitrogens with one attached hydrogen (secondary N) is 1. The van der Waals surface area contributed by atoms with Gasteiger partial charge in [-0.2, -0.15) is 4.31 Å². The Kier molecular flexibility index (Phi) is 6.17. The summed E-state index contributed by atoms with van der Waals surface area (Å²) in [5, 5.41) is 3.18. The highest BCUT2D eigenvalue weighted by Crippen LogP contribution is 2.27. The van der Waals surface area contributed by atoms with Gasteiger partial charge in [0.1, 0.15) is 23.5 Å². The normalized spacial score (nSPS) is 17.3. The molecule has 0 bridgehead atoms. The highest BCUT2D eigenvalue weighted by Gasteiger charge is 2.32. The smallest absolute Gasteiger partial charge is 0.243 e. The van der Waals surface area contributed by atoms with Crippen molar-refractivity contribution in [2.75, 3.05) is 32.1 Å². The minimum Gasteiger partial charge on any atom is -0.497 e. The van der Waals surface area contributed by atoms with E-state index in [4.69, 9.17) is 9.47 Å². The van der Waals surface area contributed by atoms with Crippen LogP contribution in [0.4, 0.5) is 11.6 Å². The van der Waals surface area contributed by atoms with Crippen LogP contribution in [0.5, 0.6) is 5.75 Å². The Morgan fingerprint density at radius 3 is 2.45 bits per heavy atom. The molecular weight excluding hydrogens is 416 g/mol. The monoisotopic (exact) mass is 440 g/mol. The van der Waals surface area contributed by atoms with Gasteiger partial charge in [-0.3, -0.25) is 0 Å². The zero-order valence-corrected chi connectivity index (χ0v) is 18.2. The van der Waals surface area contributed by atoms with E-state index >= 15 is 0 Å². The third-order valence-corrected chi connectivity index (χ3v) is 6.85.